The van der Waals surface area contributed by atoms with E-state index in [-0.39, 0.29) is 24.5 Å². The first-order valence-corrected chi connectivity index (χ1v) is 5.59. The van der Waals surface area contributed by atoms with Crippen LogP contribution in [0.5, 0.6) is 0 Å². The lowest BCUT2D eigenvalue weighted by atomic mass is 10.1. The quantitative estimate of drug-likeness (QED) is 0.595. The van der Waals surface area contributed by atoms with Crippen LogP contribution in [-0.2, 0) is 9.53 Å². The highest BCUT2D eigenvalue weighted by atomic mass is 16.5. The van der Waals surface area contributed by atoms with Gasteiger partial charge >= 0.3 is 0 Å². The molecule has 0 saturated carbocycles. The van der Waals surface area contributed by atoms with Gasteiger partial charge in [-0.25, -0.2) is 0 Å². The van der Waals surface area contributed by atoms with Crippen LogP contribution in [0.15, 0.2) is 0 Å². The molecule has 0 fully saturated rings. The Morgan fingerprint density at radius 3 is 2.60 bits per heavy atom. The number of rotatable bonds is 8. The Morgan fingerprint density at radius 1 is 1.47 bits per heavy atom. The van der Waals surface area contributed by atoms with Crippen LogP contribution < -0.4 is 5.32 Å². The predicted octanol–water partition coefficient (Wildman–Crippen LogP) is 0.936. The summed E-state index contributed by atoms with van der Waals surface area (Å²) >= 11 is 0. The van der Waals surface area contributed by atoms with Crippen molar-refractivity contribution >= 4 is 5.91 Å². The molecule has 0 aliphatic rings. The summed E-state index contributed by atoms with van der Waals surface area (Å²) in [7, 11) is 0. The van der Waals surface area contributed by atoms with Gasteiger partial charge in [0.25, 0.3) is 0 Å². The van der Waals surface area contributed by atoms with Crippen LogP contribution in [0.2, 0.25) is 0 Å². The normalized spacial score (nSPS) is 12.9. The van der Waals surface area contributed by atoms with E-state index < -0.39 is 0 Å². The maximum absolute atomic E-state index is 11.4. The molecule has 1 atom stereocenters. The molecule has 4 nitrogen and oxygen atoms in total. The third-order valence-corrected chi connectivity index (χ3v) is 2.24. The molecule has 15 heavy (non-hydrogen) atoms. The van der Waals surface area contributed by atoms with Gasteiger partial charge in [-0.3, -0.25) is 4.79 Å². The third kappa shape index (κ3) is 7.33. The first-order chi connectivity index (χ1) is 7.11. The zero-order valence-electron chi connectivity index (χ0n) is 9.95. The number of amides is 1. The van der Waals surface area contributed by atoms with Gasteiger partial charge in [0.05, 0.1) is 12.6 Å². The van der Waals surface area contributed by atoms with E-state index in [4.69, 9.17) is 9.84 Å². The number of ether oxygens (including phenoxy) is 1. The topological polar surface area (TPSA) is 58.6 Å². The van der Waals surface area contributed by atoms with E-state index in [0.29, 0.717) is 19.6 Å². The number of hydrogen-bond donors (Lipinski definition) is 2. The van der Waals surface area contributed by atoms with Crippen LogP contribution in [0.4, 0.5) is 0 Å². The van der Waals surface area contributed by atoms with Crippen molar-refractivity contribution in [2.75, 3.05) is 19.8 Å². The Kier molecular flexibility index (Phi) is 8.33. The molecular formula is C11H23NO3. The summed E-state index contributed by atoms with van der Waals surface area (Å²) in [4.78, 5) is 11.4. The van der Waals surface area contributed by atoms with Crippen molar-refractivity contribution in [1.82, 2.24) is 5.32 Å². The second kappa shape index (κ2) is 8.68. The minimum atomic E-state index is -0.135. The molecule has 0 aromatic rings. The standard InChI is InChI=1S/C11H23NO3/c1-4-15-7-5-6-11(14)12-10(8-13)9(2)3/h9-10,13H,4-8H2,1-3H3,(H,12,14). The Balaban J connectivity index is 3.62. The second-order valence-corrected chi connectivity index (χ2v) is 3.90. The van der Waals surface area contributed by atoms with E-state index in [1.165, 1.54) is 0 Å². The number of hydrogen-bond acceptors (Lipinski definition) is 3. The summed E-state index contributed by atoms with van der Waals surface area (Å²) in [5.41, 5.74) is 0. The Morgan fingerprint density at radius 2 is 2.13 bits per heavy atom. The summed E-state index contributed by atoms with van der Waals surface area (Å²) in [6, 6.07) is -0.135. The fourth-order valence-electron chi connectivity index (χ4n) is 1.18. The molecule has 1 amide bonds. The van der Waals surface area contributed by atoms with E-state index in [1.807, 2.05) is 20.8 Å². The van der Waals surface area contributed by atoms with Gasteiger partial charge in [0.2, 0.25) is 5.91 Å². The average Bonchev–Trinajstić information content (AvgIpc) is 2.20. The molecular weight excluding hydrogens is 194 g/mol. The first kappa shape index (κ1) is 14.4. The minimum Gasteiger partial charge on any atom is -0.394 e. The number of nitrogens with one attached hydrogen (secondary N) is 1. The Labute approximate surface area is 92.0 Å². The molecule has 0 bridgehead atoms. The van der Waals surface area contributed by atoms with Crippen LogP contribution in [0, 0.1) is 5.92 Å². The Hall–Kier alpha value is -0.610. The van der Waals surface area contributed by atoms with E-state index in [1.54, 1.807) is 0 Å². The van der Waals surface area contributed by atoms with Gasteiger partial charge in [-0.05, 0) is 19.3 Å². The number of carbonyl (C=O) groups excluding carboxylic acids is 1. The molecule has 0 heterocycles. The van der Waals surface area contributed by atoms with Gasteiger partial charge in [0.15, 0.2) is 0 Å². The van der Waals surface area contributed by atoms with Gasteiger partial charge in [-0.15, -0.1) is 0 Å². The lowest BCUT2D eigenvalue weighted by Crippen LogP contribution is -2.41. The third-order valence-electron chi connectivity index (χ3n) is 2.24. The van der Waals surface area contributed by atoms with Crippen LogP contribution in [0.1, 0.15) is 33.6 Å². The molecule has 0 aromatic carbocycles. The maximum Gasteiger partial charge on any atom is 0.220 e. The van der Waals surface area contributed by atoms with Crippen molar-refractivity contribution in [3.63, 3.8) is 0 Å². The van der Waals surface area contributed by atoms with E-state index in [2.05, 4.69) is 5.32 Å². The molecule has 0 aliphatic heterocycles. The van der Waals surface area contributed by atoms with Gasteiger partial charge < -0.3 is 15.2 Å². The Bertz CT molecular complexity index is 171. The van der Waals surface area contributed by atoms with Crippen LogP contribution in [-0.4, -0.2) is 36.9 Å². The van der Waals surface area contributed by atoms with Crippen molar-refractivity contribution in [2.24, 2.45) is 5.92 Å². The molecule has 90 valence electrons. The zero-order valence-corrected chi connectivity index (χ0v) is 9.95. The fraction of sp³-hybridized carbons (Fsp3) is 0.909. The first-order valence-electron chi connectivity index (χ1n) is 5.59. The van der Waals surface area contributed by atoms with Gasteiger partial charge in [-0.2, -0.15) is 0 Å². The molecule has 0 spiro atoms. The van der Waals surface area contributed by atoms with Gasteiger partial charge in [0.1, 0.15) is 0 Å². The fourth-order valence-corrected chi connectivity index (χ4v) is 1.18. The van der Waals surface area contributed by atoms with Gasteiger partial charge in [0, 0.05) is 19.6 Å². The van der Waals surface area contributed by atoms with Gasteiger partial charge in [-0.1, -0.05) is 13.8 Å². The molecule has 0 aromatic heterocycles. The van der Waals surface area contributed by atoms with Crippen LogP contribution >= 0.6 is 0 Å². The molecule has 4 heteroatoms. The van der Waals surface area contributed by atoms with Crippen LogP contribution in [0.25, 0.3) is 0 Å². The van der Waals surface area contributed by atoms with Crippen molar-refractivity contribution in [1.29, 1.82) is 0 Å². The smallest absolute Gasteiger partial charge is 0.220 e. The van der Waals surface area contributed by atoms with Crippen molar-refractivity contribution < 1.29 is 14.6 Å². The van der Waals surface area contributed by atoms with Crippen molar-refractivity contribution in [3.8, 4) is 0 Å². The monoisotopic (exact) mass is 217 g/mol. The highest BCUT2D eigenvalue weighted by Crippen LogP contribution is 2.01. The summed E-state index contributed by atoms with van der Waals surface area (Å²) in [5, 5.41) is 11.8. The summed E-state index contributed by atoms with van der Waals surface area (Å²) in [5.74, 6) is 0.244. The largest absolute Gasteiger partial charge is 0.394 e. The number of carbonyl (C=O) groups is 1. The predicted molar refractivity (Wildman–Crippen MR) is 59.6 cm³/mol. The highest BCUT2D eigenvalue weighted by Gasteiger charge is 2.14. The van der Waals surface area contributed by atoms with E-state index in [0.717, 1.165) is 6.42 Å². The van der Waals surface area contributed by atoms with Crippen molar-refractivity contribution in [2.45, 2.75) is 39.7 Å². The minimum absolute atomic E-state index is 0.00509. The molecule has 1 unspecified atom stereocenters. The van der Waals surface area contributed by atoms with Crippen LogP contribution in [0.3, 0.4) is 0 Å². The summed E-state index contributed by atoms with van der Waals surface area (Å²) in [6.45, 7) is 7.18. The SMILES string of the molecule is CCOCCCC(=O)NC(CO)C(C)C. The molecule has 0 radical (unpaired) electrons. The maximum atomic E-state index is 11.4. The van der Waals surface area contributed by atoms with E-state index in [9.17, 15) is 4.79 Å². The zero-order chi connectivity index (χ0) is 11.7. The van der Waals surface area contributed by atoms with Crippen molar-refractivity contribution in [3.05, 3.63) is 0 Å². The average molecular weight is 217 g/mol. The lowest BCUT2D eigenvalue weighted by Gasteiger charge is -2.19. The summed E-state index contributed by atoms with van der Waals surface area (Å²) < 4.78 is 5.13. The lowest BCUT2D eigenvalue weighted by molar-refractivity contribution is -0.122. The van der Waals surface area contributed by atoms with E-state index >= 15 is 0 Å². The highest BCUT2D eigenvalue weighted by molar-refractivity contribution is 5.76. The summed E-state index contributed by atoms with van der Waals surface area (Å²) in [6.07, 6.45) is 1.19. The second-order valence-electron chi connectivity index (χ2n) is 3.90. The molecule has 0 rings (SSSR count). The number of aliphatic hydroxyl groups is 1. The number of aliphatic hydroxyl groups excluding tert-OH is 1. The molecule has 2 N–H and O–H groups in total. The molecule has 0 aliphatic carbocycles. The molecule has 0 saturated heterocycles.